The Kier molecular flexibility index (Phi) is 5.41. The Labute approximate surface area is 112 Å². The van der Waals surface area contributed by atoms with E-state index in [1.165, 1.54) is 18.5 Å². The van der Waals surface area contributed by atoms with E-state index in [2.05, 4.69) is 10.3 Å². The Hall–Kier alpha value is -1.29. The van der Waals surface area contributed by atoms with Crippen LogP contribution in [0.2, 0.25) is 0 Å². The molecule has 1 aromatic heterocycles. The zero-order valence-corrected chi connectivity index (χ0v) is 11.5. The van der Waals surface area contributed by atoms with Crippen molar-refractivity contribution in [2.24, 2.45) is 5.41 Å². The molecule has 5 heteroatoms. The molecule has 0 saturated heterocycles. The number of hydrogen-bond donors (Lipinski definition) is 2. The van der Waals surface area contributed by atoms with Gasteiger partial charge >= 0.3 is 0 Å². The minimum Gasteiger partial charge on any atom is -0.367 e. The molecule has 4 nitrogen and oxygen atoms in total. The summed E-state index contributed by atoms with van der Waals surface area (Å²) in [5.41, 5.74) is -0.248. The minimum atomic E-state index is -0.353. The van der Waals surface area contributed by atoms with Gasteiger partial charge in [0.25, 0.3) is 5.91 Å². The van der Waals surface area contributed by atoms with Gasteiger partial charge in [0.05, 0.1) is 0 Å². The van der Waals surface area contributed by atoms with Gasteiger partial charge in [-0.2, -0.15) is 0 Å². The number of carbonyl (C=O) groups excluding carboxylic acids is 1. The van der Waals surface area contributed by atoms with Gasteiger partial charge in [0, 0.05) is 36.3 Å². The number of pyridine rings is 1. The first-order valence-electron chi connectivity index (χ1n) is 6.10. The monoisotopic (exact) mass is 270 g/mol. The molecular formula is C13H19ClN2O2. The molecule has 0 aliphatic rings. The second-order valence-corrected chi connectivity index (χ2v) is 4.71. The fraction of sp³-hybridized carbons (Fsp3) is 0.538. The number of carbonyl (C=O) groups is 1. The lowest BCUT2D eigenvalue weighted by Gasteiger charge is -2.29. The van der Waals surface area contributed by atoms with Crippen LogP contribution in [0.5, 0.6) is 0 Å². The van der Waals surface area contributed by atoms with Crippen LogP contribution < -0.4 is 10.7 Å². The summed E-state index contributed by atoms with van der Waals surface area (Å²) in [7, 11) is 0. The topological polar surface area (TPSA) is 62.0 Å². The standard InChI is InChI=1S/C13H19ClN2O2/c1-3-13(4-2,8-14)9-16-12(18)10-7-15-6-5-11(10)17/h5-7H,3-4,8-9H2,1-2H3,(H,15,17)(H,16,18). The SMILES string of the molecule is CCC(CC)(CCl)CNC(=O)c1c[nH]ccc1=O. The summed E-state index contributed by atoms with van der Waals surface area (Å²) in [6.45, 7) is 4.58. The van der Waals surface area contributed by atoms with Gasteiger partial charge in [-0.15, -0.1) is 11.6 Å². The van der Waals surface area contributed by atoms with Crippen LogP contribution in [0.1, 0.15) is 37.0 Å². The number of aromatic amines is 1. The first-order chi connectivity index (χ1) is 8.58. The van der Waals surface area contributed by atoms with Crippen LogP contribution >= 0.6 is 11.6 Å². The number of rotatable bonds is 6. The quantitative estimate of drug-likeness (QED) is 0.778. The van der Waals surface area contributed by atoms with Gasteiger partial charge in [-0.05, 0) is 12.8 Å². The van der Waals surface area contributed by atoms with Crippen molar-refractivity contribution in [2.45, 2.75) is 26.7 Å². The van der Waals surface area contributed by atoms with Gasteiger partial charge in [-0.1, -0.05) is 13.8 Å². The molecule has 1 rings (SSSR count). The Morgan fingerprint density at radius 2 is 2.11 bits per heavy atom. The average molecular weight is 271 g/mol. The zero-order chi connectivity index (χ0) is 13.6. The number of nitrogens with one attached hydrogen (secondary N) is 2. The predicted octanol–water partition coefficient (Wildman–Crippen LogP) is 2.15. The molecule has 0 bridgehead atoms. The maximum atomic E-state index is 11.9. The fourth-order valence-electron chi connectivity index (χ4n) is 1.69. The van der Waals surface area contributed by atoms with Crippen molar-refractivity contribution in [3.63, 3.8) is 0 Å². The van der Waals surface area contributed by atoms with E-state index < -0.39 is 0 Å². The maximum Gasteiger partial charge on any atom is 0.256 e. The molecule has 0 saturated carbocycles. The van der Waals surface area contributed by atoms with Gasteiger partial charge in [0.1, 0.15) is 5.56 Å². The highest BCUT2D eigenvalue weighted by atomic mass is 35.5. The molecule has 18 heavy (non-hydrogen) atoms. The van der Waals surface area contributed by atoms with Crippen molar-refractivity contribution < 1.29 is 4.79 Å². The van der Waals surface area contributed by atoms with Crippen molar-refractivity contribution in [3.05, 3.63) is 34.2 Å². The maximum absolute atomic E-state index is 11.9. The van der Waals surface area contributed by atoms with Crippen molar-refractivity contribution in [1.82, 2.24) is 10.3 Å². The molecule has 0 fully saturated rings. The fourth-order valence-corrected chi connectivity index (χ4v) is 2.17. The van der Waals surface area contributed by atoms with E-state index >= 15 is 0 Å². The largest absolute Gasteiger partial charge is 0.367 e. The molecule has 0 aliphatic heterocycles. The van der Waals surface area contributed by atoms with Crippen molar-refractivity contribution in [3.8, 4) is 0 Å². The Morgan fingerprint density at radius 3 is 2.61 bits per heavy atom. The summed E-state index contributed by atoms with van der Waals surface area (Å²) in [5.74, 6) is 0.138. The van der Waals surface area contributed by atoms with E-state index in [-0.39, 0.29) is 22.3 Å². The predicted molar refractivity (Wildman–Crippen MR) is 73.1 cm³/mol. The molecule has 0 atom stereocenters. The first-order valence-corrected chi connectivity index (χ1v) is 6.63. The molecule has 1 amide bonds. The molecule has 0 aromatic carbocycles. The number of H-pyrrole nitrogens is 1. The van der Waals surface area contributed by atoms with Crippen LogP contribution in [0.4, 0.5) is 0 Å². The summed E-state index contributed by atoms with van der Waals surface area (Å²) in [4.78, 5) is 26.1. The van der Waals surface area contributed by atoms with E-state index in [9.17, 15) is 9.59 Å². The van der Waals surface area contributed by atoms with Crippen LogP contribution in [0.3, 0.4) is 0 Å². The van der Waals surface area contributed by atoms with E-state index in [0.717, 1.165) is 12.8 Å². The Bertz CT molecular complexity index is 444. The summed E-state index contributed by atoms with van der Waals surface area (Å²) in [6, 6.07) is 1.34. The van der Waals surface area contributed by atoms with Gasteiger partial charge in [0.2, 0.25) is 0 Å². The lowest BCUT2D eigenvalue weighted by atomic mass is 9.84. The highest BCUT2D eigenvalue weighted by Crippen LogP contribution is 2.26. The van der Waals surface area contributed by atoms with Crippen LogP contribution in [0.25, 0.3) is 0 Å². The average Bonchev–Trinajstić information content (AvgIpc) is 2.41. The summed E-state index contributed by atoms with van der Waals surface area (Å²) in [5, 5.41) is 2.79. The highest BCUT2D eigenvalue weighted by molar-refractivity contribution is 6.18. The van der Waals surface area contributed by atoms with Gasteiger partial charge in [-0.25, -0.2) is 0 Å². The number of aromatic nitrogens is 1. The molecule has 1 aromatic rings. The summed E-state index contributed by atoms with van der Waals surface area (Å²) >= 11 is 5.97. The highest BCUT2D eigenvalue weighted by Gasteiger charge is 2.26. The molecule has 0 spiro atoms. The summed E-state index contributed by atoms with van der Waals surface area (Å²) in [6.07, 6.45) is 4.69. The normalized spacial score (nSPS) is 11.3. The third-order valence-electron chi connectivity index (χ3n) is 3.48. The van der Waals surface area contributed by atoms with Gasteiger partial charge in [0.15, 0.2) is 5.43 Å². The number of amides is 1. The lowest BCUT2D eigenvalue weighted by molar-refractivity contribution is 0.0930. The minimum absolute atomic E-state index is 0.0985. The lowest BCUT2D eigenvalue weighted by Crippen LogP contribution is -2.39. The van der Waals surface area contributed by atoms with Crippen molar-refractivity contribution in [1.29, 1.82) is 0 Å². The molecule has 2 N–H and O–H groups in total. The molecular weight excluding hydrogens is 252 g/mol. The third-order valence-corrected chi connectivity index (χ3v) is 4.04. The van der Waals surface area contributed by atoms with Crippen molar-refractivity contribution >= 4 is 17.5 Å². The van der Waals surface area contributed by atoms with Gasteiger partial charge in [-0.3, -0.25) is 9.59 Å². The Morgan fingerprint density at radius 1 is 1.44 bits per heavy atom. The smallest absolute Gasteiger partial charge is 0.256 e. The van der Waals surface area contributed by atoms with E-state index in [1.807, 2.05) is 13.8 Å². The van der Waals surface area contributed by atoms with E-state index in [0.29, 0.717) is 12.4 Å². The van der Waals surface area contributed by atoms with Crippen LogP contribution in [-0.4, -0.2) is 23.3 Å². The molecule has 1 heterocycles. The summed E-state index contributed by atoms with van der Waals surface area (Å²) < 4.78 is 0. The zero-order valence-electron chi connectivity index (χ0n) is 10.8. The number of halogens is 1. The molecule has 0 radical (unpaired) electrons. The number of hydrogen-bond acceptors (Lipinski definition) is 2. The van der Waals surface area contributed by atoms with E-state index in [4.69, 9.17) is 11.6 Å². The molecule has 0 unspecified atom stereocenters. The Balaban J connectivity index is 2.72. The van der Waals surface area contributed by atoms with Crippen LogP contribution in [0.15, 0.2) is 23.3 Å². The molecule has 0 aliphatic carbocycles. The first kappa shape index (κ1) is 14.8. The second kappa shape index (κ2) is 6.59. The van der Waals surface area contributed by atoms with Crippen LogP contribution in [-0.2, 0) is 0 Å². The van der Waals surface area contributed by atoms with Gasteiger partial charge < -0.3 is 10.3 Å². The number of alkyl halides is 1. The van der Waals surface area contributed by atoms with Crippen molar-refractivity contribution in [2.75, 3.05) is 12.4 Å². The van der Waals surface area contributed by atoms with Crippen LogP contribution in [0, 0.1) is 5.41 Å². The van der Waals surface area contributed by atoms with E-state index in [1.54, 1.807) is 0 Å². The molecule has 100 valence electrons. The third kappa shape index (κ3) is 3.35. The second-order valence-electron chi connectivity index (χ2n) is 4.45.